The molecule has 0 atom stereocenters. The SMILES string of the molecule is CS(=O)(=O)c1ccc(-c2c(CNCc3ccncc3)[nH]c3ncccc23)cc1. The molecule has 0 aliphatic rings. The Morgan fingerprint density at radius 3 is 2.43 bits per heavy atom. The first kappa shape index (κ1) is 18.3. The minimum Gasteiger partial charge on any atom is -0.342 e. The van der Waals surface area contributed by atoms with Crippen molar-refractivity contribution in [2.45, 2.75) is 18.0 Å². The Morgan fingerprint density at radius 1 is 0.964 bits per heavy atom. The first-order valence-electron chi connectivity index (χ1n) is 8.88. The molecule has 4 rings (SSSR count). The quantitative estimate of drug-likeness (QED) is 0.526. The lowest BCUT2D eigenvalue weighted by Crippen LogP contribution is -2.13. The monoisotopic (exact) mass is 392 g/mol. The van der Waals surface area contributed by atoms with Crippen LogP contribution < -0.4 is 5.32 Å². The molecular formula is C21H20N4O2S. The number of sulfone groups is 1. The van der Waals surface area contributed by atoms with Crippen LogP contribution in [0, 0.1) is 0 Å². The second-order valence-corrected chi connectivity index (χ2v) is 8.65. The first-order chi connectivity index (χ1) is 13.5. The van der Waals surface area contributed by atoms with Crippen molar-refractivity contribution in [3.8, 4) is 11.1 Å². The average Bonchev–Trinajstić information content (AvgIpc) is 3.06. The highest BCUT2D eigenvalue weighted by molar-refractivity contribution is 7.90. The number of H-pyrrole nitrogens is 1. The van der Waals surface area contributed by atoms with Crippen molar-refractivity contribution < 1.29 is 8.42 Å². The van der Waals surface area contributed by atoms with Gasteiger partial charge in [-0.15, -0.1) is 0 Å². The van der Waals surface area contributed by atoms with E-state index in [2.05, 4.69) is 20.3 Å². The van der Waals surface area contributed by atoms with Gasteiger partial charge in [-0.1, -0.05) is 12.1 Å². The highest BCUT2D eigenvalue weighted by Gasteiger charge is 2.15. The van der Waals surface area contributed by atoms with Crippen LogP contribution in [0.2, 0.25) is 0 Å². The number of hydrogen-bond donors (Lipinski definition) is 2. The van der Waals surface area contributed by atoms with Crippen LogP contribution in [0.5, 0.6) is 0 Å². The van der Waals surface area contributed by atoms with E-state index in [1.54, 1.807) is 30.7 Å². The summed E-state index contributed by atoms with van der Waals surface area (Å²) >= 11 is 0. The van der Waals surface area contributed by atoms with Crippen LogP contribution in [0.3, 0.4) is 0 Å². The standard InChI is InChI=1S/C21H20N4O2S/c1-28(26,27)17-6-4-16(5-7-17)20-18-3-2-10-24-21(18)25-19(20)14-23-13-15-8-11-22-12-9-15/h2-12,23H,13-14H2,1H3,(H,24,25). The lowest BCUT2D eigenvalue weighted by molar-refractivity contribution is 0.602. The topological polar surface area (TPSA) is 87.7 Å². The normalized spacial score (nSPS) is 11.8. The summed E-state index contributed by atoms with van der Waals surface area (Å²) in [7, 11) is -3.22. The fraction of sp³-hybridized carbons (Fsp3) is 0.143. The zero-order valence-electron chi connectivity index (χ0n) is 15.4. The summed E-state index contributed by atoms with van der Waals surface area (Å²) in [6, 6.07) is 14.9. The Balaban J connectivity index is 1.67. The number of rotatable bonds is 6. The Kier molecular flexibility index (Phi) is 4.93. The van der Waals surface area contributed by atoms with Crippen molar-refractivity contribution in [1.29, 1.82) is 0 Å². The highest BCUT2D eigenvalue weighted by atomic mass is 32.2. The van der Waals surface area contributed by atoms with E-state index in [1.807, 2.05) is 36.4 Å². The van der Waals surface area contributed by atoms with Crippen LogP contribution in [-0.4, -0.2) is 29.6 Å². The highest BCUT2D eigenvalue weighted by Crippen LogP contribution is 2.32. The maximum atomic E-state index is 11.8. The summed E-state index contributed by atoms with van der Waals surface area (Å²) in [6.07, 6.45) is 6.52. The first-order valence-corrected chi connectivity index (χ1v) is 10.8. The number of pyridine rings is 2. The molecule has 4 aromatic rings. The van der Waals surface area contributed by atoms with Crippen LogP contribution in [0.1, 0.15) is 11.3 Å². The van der Waals surface area contributed by atoms with Gasteiger partial charge in [0.15, 0.2) is 9.84 Å². The van der Waals surface area contributed by atoms with E-state index < -0.39 is 9.84 Å². The van der Waals surface area contributed by atoms with E-state index in [0.29, 0.717) is 11.4 Å². The van der Waals surface area contributed by atoms with Gasteiger partial charge in [0.1, 0.15) is 5.65 Å². The summed E-state index contributed by atoms with van der Waals surface area (Å²) in [4.78, 5) is 12.2. The molecule has 2 N–H and O–H groups in total. The van der Waals surface area contributed by atoms with Gasteiger partial charge >= 0.3 is 0 Å². The fourth-order valence-corrected chi connectivity index (χ4v) is 3.87. The van der Waals surface area contributed by atoms with E-state index in [1.165, 1.54) is 6.26 Å². The molecular weight excluding hydrogens is 372 g/mol. The fourth-order valence-electron chi connectivity index (χ4n) is 3.24. The number of fused-ring (bicyclic) bond motifs is 1. The van der Waals surface area contributed by atoms with E-state index in [4.69, 9.17) is 0 Å². The number of aromatic amines is 1. The molecule has 142 valence electrons. The van der Waals surface area contributed by atoms with Crippen LogP contribution in [0.4, 0.5) is 0 Å². The molecule has 0 bridgehead atoms. The van der Waals surface area contributed by atoms with Gasteiger partial charge in [0.25, 0.3) is 0 Å². The number of nitrogens with zero attached hydrogens (tertiary/aromatic N) is 2. The molecule has 0 amide bonds. The van der Waals surface area contributed by atoms with Gasteiger partial charge in [0, 0.05) is 54.6 Å². The third kappa shape index (κ3) is 3.81. The summed E-state index contributed by atoms with van der Waals surface area (Å²) in [5.41, 5.74) is 4.96. The van der Waals surface area contributed by atoms with Crippen molar-refractivity contribution in [2.75, 3.05) is 6.26 Å². The summed E-state index contributed by atoms with van der Waals surface area (Å²) < 4.78 is 23.5. The maximum Gasteiger partial charge on any atom is 0.175 e. The molecule has 6 nitrogen and oxygen atoms in total. The molecule has 3 heterocycles. The van der Waals surface area contributed by atoms with Gasteiger partial charge in [-0.3, -0.25) is 4.98 Å². The molecule has 28 heavy (non-hydrogen) atoms. The van der Waals surface area contributed by atoms with E-state index in [0.717, 1.165) is 40.0 Å². The summed E-state index contributed by atoms with van der Waals surface area (Å²) in [5.74, 6) is 0. The van der Waals surface area contributed by atoms with Gasteiger partial charge in [0.2, 0.25) is 0 Å². The van der Waals surface area contributed by atoms with Gasteiger partial charge in [-0.2, -0.15) is 0 Å². The van der Waals surface area contributed by atoms with Gasteiger partial charge in [-0.05, 0) is 47.5 Å². The largest absolute Gasteiger partial charge is 0.342 e. The summed E-state index contributed by atoms with van der Waals surface area (Å²) in [5, 5.41) is 4.45. The van der Waals surface area contributed by atoms with Crippen LogP contribution in [0.25, 0.3) is 22.2 Å². The second-order valence-electron chi connectivity index (χ2n) is 6.63. The predicted molar refractivity (Wildman–Crippen MR) is 109 cm³/mol. The summed E-state index contributed by atoms with van der Waals surface area (Å²) in [6.45, 7) is 1.35. The lowest BCUT2D eigenvalue weighted by atomic mass is 10.0. The zero-order chi connectivity index (χ0) is 19.6. The Morgan fingerprint density at radius 2 is 1.71 bits per heavy atom. The van der Waals surface area contributed by atoms with E-state index in [-0.39, 0.29) is 0 Å². The molecule has 1 aromatic carbocycles. The molecule has 0 fully saturated rings. The van der Waals surface area contributed by atoms with E-state index in [9.17, 15) is 8.42 Å². The predicted octanol–water partition coefficient (Wildman–Crippen LogP) is 3.32. The molecule has 3 aromatic heterocycles. The third-order valence-electron chi connectivity index (χ3n) is 4.60. The van der Waals surface area contributed by atoms with Crippen molar-refractivity contribution in [1.82, 2.24) is 20.3 Å². The lowest BCUT2D eigenvalue weighted by Gasteiger charge is -2.08. The molecule has 0 spiro atoms. The van der Waals surface area contributed by atoms with Crippen molar-refractivity contribution in [3.63, 3.8) is 0 Å². The third-order valence-corrected chi connectivity index (χ3v) is 5.73. The molecule has 0 aliphatic heterocycles. The van der Waals surface area contributed by atoms with Gasteiger partial charge < -0.3 is 10.3 Å². The van der Waals surface area contributed by atoms with E-state index >= 15 is 0 Å². The smallest absolute Gasteiger partial charge is 0.175 e. The minimum absolute atomic E-state index is 0.312. The minimum atomic E-state index is -3.22. The van der Waals surface area contributed by atoms with Crippen LogP contribution in [0.15, 0.2) is 72.0 Å². The Bertz CT molecular complexity index is 1200. The molecule has 0 saturated heterocycles. The average molecular weight is 392 g/mol. The van der Waals surface area contributed by atoms with Crippen LogP contribution in [-0.2, 0) is 22.9 Å². The van der Waals surface area contributed by atoms with Crippen molar-refractivity contribution in [2.24, 2.45) is 0 Å². The second kappa shape index (κ2) is 7.53. The zero-order valence-corrected chi connectivity index (χ0v) is 16.2. The van der Waals surface area contributed by atoms with Crippen LogP contribution >= 0.6 is 0 Å². The van der Waals surface area contributed by atoms with Gasteiger partial charge in [0.05, 0.1) is 4.90 Å². The maximum absolute atomic E-state index is 11.8. The van der Waals surface area contributed by atoms with Gasteiger partial charge in [-0.25, -0.2) is 13.4 Å². The molecule has 0 aliphatic carbocycles. The van der Waals surface area contributed by atoms with Crippen molar-refractivity contribution >= 4 is 20.9 Å². The molecule has 0 unspecified atom stereocenters. The van der Waals surface area contributed by atoms with Crippen molar-refractivity contribution in [3.05, 3.63) is 78.4 Å². The number of aromatic nitrogens is 3. The molecule has 0 saturated carbocycles. The molecule has 0 radical (unpaired) electrons. The molecule has 7 heteroatoms. The number of benzene rings is 1. The Labute approximate surface area is 163 Å². The Hall–Kier alpha value is -3.03. The number of nitrogens with one attached hydrogen (secondary N) is 2. The number of hydrogen-bond acceptors (Lipinski definition) is 5.